The lowest BCUT2D eigenvalue weighted by atomic mass is 9.86. The van der Waals surface area contributed by atoms with E-state index in [9.17, 15) is 9.59 Å². The van der Waals surface area contributed by atoms with Crippen LogP contribution < -0.4 is 14.8 Å². The van der Waals surface area contributed by atoms with E-state index >= 15 is 0 Å². The summed E-state index contributed by atoms with van der Waals surface area (Å²) >= 11 is 0. The van der Waals surface area contributed by atoms with E-state index < -0.39 is 18.5 Å². The highest BCUT2D eigenvalue weighted by Gasteiger charge is 2.26. The Labute approximate surface area is 204 Å². The number of allylic oxidation sites excluding steroid dienone is 1. The molecule has 35 heavy (non-hydrogen) atoms. The van der Waals surface area contributed by atoms with Crippen LogP contribution in [0, 0.1) is 12.3 Å². The van der Waals surface area contributed by atoms with Crippen molar-refractivity contribution in [3.63, 3.8) is 0 Å². The molecular formula is C28H26N2O5. The number of amides is 1. The molecule has 7 nitrogen and oxygen atoms in total. The van der Waals surface area contributed by atoms with E-state index in [1.807, 2.05) is 42.5 Å². The van der Waals surface area contributed by atoms with Crippen molar-refractivity contribution in [2.45, 2.75) is 19.3 Å². The van der Waals surface area contributed by atoms with Gasteiger partial charge in [0.05, 0.1) is 37.5 Å². The molecule has 1 N–H and O–H groups in total. The number of benzene rings is 2. The quantitative estimate of drug-likeness (QED) is 0.414. The number of terminal acetylenes is 1. The Morgan fingerprint density at radius 2 is 1.91 bits per heavy atom. The average Bonchev–Trinajstić information content (AvgIpc) is 2.89. The van der Waals surface area contributed by atoms with Crippen molar-refractivity contribution in [3.05, 3.63) is 64.8 Å². The zero-order valence-corrected chi connectivity index (χ0v) is 19.7. The van der Waals surface area contributed by atoms with E-state index in [1.165, 1.54) is 0 Å². The number of pyridine rings is 1. The summed E-state index contributed by atoms with van der Waals surface area (Å²) in [7, 11) is 3.20. The maximum atomic E-state index is 13.2. The normalized spacial score (nSPS) is 13.6. The summed E-state index contributed by atoms with van der Waals surface area (Å²) in [6.07, 6.45) is 9.58. The Hall–Kier alpha value is -4.31. The zero-order valence-electron chi connectivity index (χ0n) is 19.7. The molecule has 4 rings (SSSR count). The van der Waals surface area contributed by atoms with Gasteiger partial charge in [0.1, 0.15) is 0 Å². The number of hydrogen-bond acceptors (Lipinski definition) is 6. The van der Waals surface area contributed by atoms with Gasteiger partial charge in [-0.25, -0.2) is 9.78 Å². The fraction of sp³-hybridized carbons (Fsp3) is 0.250. The van der Waals surface area contributed by atoms with Gasteiger partial charge in [-0.1, -0.05) is 30.2 Å². The highest BCUT2D eigenvalue weighted by atomic mass is 16.5. The number of fused-ring (bicyclic) bond motifs is 2. The molecule has 178 valence electrons. The number of aromatic nitrogens is 1. The summed E-state index contributed by atoms with van der Waals surface area (Å²) in [5.41, 5.74) is 4.70. The van der Waals surface area contributed by atoms with Crippen LogP contribution >= 0.6 is 0 Å². The third-order valence-electron chi connectivity index (χ3n) is 5.84. The molecule has 1 aliphatic rings. The summed E-state index contributed by atoms with van der Waals surface area (Å²) in [6.45, 7) is -0.325. The number of ether oxygens (including phenoxy) is 3. The van der Waals surface area contributed by atoms with Gasteiger partial charge in [-0.3, -0.25) is 4.79 Å². The third-order valence-corrected chi connectivity index (χ3v) is 5.84. The second kappa shape index (κ2) is 10.7. The Balaban J connectivity index is 1.76. The molecule has 0 radical (unpaired) electrons. The van der Waals surface area contributed by atoms with Crippen LogP contribution in [0.4, 0.5) is 0 Å². The molecule has 1 aliphatic carbocycles. The van der Waals surface area contributed by atoms with Gasteiger partial charge in [0.25, 0.3) is 5.91 Å². The minimum Gasteiger partial charge on any atom is -0.493 e. The summed E-state index contributed by atoms with van der Waals surface area (Å²) in [6, 6.07) is 13.2. The largest absolute Gasteiger partial charge is 0.493 e. The first-order valence-corrected chi connectivity index (χ1v) is 11.3. The van der Waals surface area contributed by atoms with E-state index in [-0.39, 0.29) is 6.54 Å². The third kappa shape index (κ3) is 5.12. The topological polar surface area (TPSA) is 86.8 Å². The van der Waals surface area contributed by atoms with Gasteiger partial charge in [0.15, 0.2) is 18.1 Å². The van der Waals surface area contributed by atoms with Crippen LogP contribution in [0.5, 0.6) is 11.5 Å². The van der Waals surface area contributed by atoms with Crippen LogP contribution in [0.25, 0.3) is 22.6 Å². The Morgan fingerprint density at radius 3 is 2.69 bits per heavy atom. The second-order valence-corrected chi connectivity index (χ2v) is 8.03. The van der Waals surface area contributed by atoms with Crippen molar-refractivity contribution >= 4 is 34.4 Å². The van der Waals surface area contributed by atoms with Crippen molar-refractivity contribution < 1.29 is 23.8 Å². The molecular weight excluding hydrogens is 444 g/mol. The Morgan fingerprint density at radius 1 is 1.11 bits per heavy atom. The number of nitrogens with zero attached hydrogens (tertiary/aromatic N) is 1. The van der Waals surface area contributed by atoms with E-state index in [2.05, 4.69) is 17.3 Å². The van der Waals surface area contributed by atoms with Crippen LogP contribution in [0.15, 0.2) is 42.5 Å². The first kappa shape index (κ1) is 23.8. The highest BCUT2D eigenvalue weighted by Crippen LogP contribution is 2.37. The van der Waals surface area contributed by atoms with Crippen LogP contribution in [-0.2, 0) is 16.0 Å². The van der Waals surface area contributed by atoms with E-state index in [1.54, 1.807) is 14.2 Å². The predicted molar refractivity (Wildman–Crippen MR) is 134 cm³/mol. The van der Waals surface area contributed by atoms with Gasteiger partial charge < -0.3 is 19.5 Å². The molecule has 0 atom stereocenters. The van der Waals surface area contributed by atoms with Crippen LogP contribution in [0.3, 0.4) is 0 Å². The smallest absolute Gasteiger partial charge is 0.339 e. The standard InChI is InChI=1S/C28H26N2O5/c1-4-14-29-25(31)17-35-28(32)26-20-9-5-6-11-22(20)30-27-19(8-7-10-21(26)27)15-18-12-13-23(33-2)24(16-18)34-3/h1,5-6,9,11-13,15-16H,7-8,10,14,17H2,2-3H3,(H,29,31). The van der Waals surface area contributed by atoms with Crippen LogP contribution in [-0.4, -0.2) is 44.2 Å². The lowest BCUT2D eigenvalue weighted by Gasteiger charge is -2.22. The van der Waals surface area contributed by atoms with E-state index in [4.69, 9.17) is 25.6 Å². The lowest BCUT2D eigenvalue weighted by Crippen LogP contribution is -2.29. The van der Waals surface area contributed by atoms with Crippen molar-refractivity contribution in [1.82, 2.24) is 10.3 Å². The maximum absolute atomic E-state index is 13.2. The molecule has 0 saturated carbocycles. The molecule has 2 aromatic carbocycles. The molecule has 0 fully saturated rings. The molecule has 3 aromatic rings. The van der Waals surface area contributed by atoms with Gasteiger partial charge in [-0.15, -0.1) is 6.42 Å². The summed E-state index contributed by atoms with van der Waals surface area (Å²) in [5, 5.41) is 3.20. The van der Waals surface area contributed by atoms with Gasteiger partial charge in [-0.2, -0.15) is 0 Å². The second-order valence-electron chi connectivity index (χ2n) is 8.03. The van der Waals surface area contributed by atoms with Crippen molar-refractivity contribution in [3.8, 4) is 23.8 Å². The Bertz CT molecular complexity index is 1350. The predicted octanol–water partition coefficient (Wildman–Crippen LogP) is 4.04. The van der Waals surface area contributed by atoms with Crippen LogP contribution in [0.1, 0.15) is 40.0 Å². The fourth-order valence-corrected chi connectivity index (χ4v) is 4.26. The molecule has 0 spiro atoms. The summed E-state index contributed by atoms with van der Waals surface area (Å²) in [4.78, 5) is 30.0. The highest BCUT2D eigenvalue weighted by molar-refractivity contribution is 6.07. The van der Waals surface area contributed by atoms with Gasteiger partial charge in [0, 0.05) is 5.39 Å². The fourth-order valence-electron chi connectivity index (χ4n) is 4.26. The summed E-state index contributed by atoms with van der Waals surface area (Å²) < 4.78 is 16.2. The van der Waals surface area contributed by atoms with Crippen LogP contribution in [0.2, 0.25) is 0 Å². The number of esters is 1. The number of carbonyl (C=O) groups excluding carboxylic acids is 2. The monoisotopic (exact) mass is 470 g/mol. The lowest BCUT2D eigenvalue weighted by molar-refractivity contribution is -0.123. The molecule has 0 bridgehead atoms. The van der Waals surface area contributed by atoms with Gasteiger partial charge in [-0.05, 0) is 60.2 Å². The van der Waals surface area contributed by atoms with E-state index in [0.717, 1.165) is 35.2 Å². The summed E-state index contributed by atoms with van der Waals surface area (Å²) in [5.74, 6) is 2.61. The molecule has 0 saturated heterocycles. The number of para-hydroxylation sites is 1. The number of methoxy groups -OCH3 is 2. The van der Waals surface area contributed by atoms with E-state index in [0.29, 0.717) is 34.4 Å². The minimum atomic E-state index is -0.553. The molecule has 1 heterocycles. The average molecular weight is 471 g/mol. The molecule has 1 amide bonds. The number of rotatable bonds is 7. The minimum absolute atomic E-state index is 0.0776. The van der Waals surface area contributed by atoms with Crippen molar-refractivity contribution in [2.75, 3.05) is 27.4 Å². The van der Waals surface area contributed by atoms with Gasteiger partial charge >= 0.3 is 5.97 Å². The van der Waals surface area contributed by atoms with Crippen molar-refractivity contribution in [2.24, 2.45) is 0 Å². The first-order valence-electron chi connectivity index (χ1n) is 11.3. The molecule has 7 heteroatoms. The number of hydrogen-bond donors (Lipinski definition) is 1. The SMILES string of the molecule is C#CCNC(=O)COC(=O)c1c2c(nc3ccccc13)C(=Cc1ccc(OC)c(OC)c1)CCC2. The number of nitrogens with one attached hydrogen (secondary N) is 1. The first-order chi connectivity index (χ1) is 17.0. The Kier molecular flexibility index (Phi) is 7.32. The molecule has 0 aliphatic heterocycles. The van der Waals surface area contributed by atoms with Gasteiger partial charge in [0.2, 0.25) is 0 Å². The molecule has 0 unspecified atom stereocenters. The number of carbonyl (C=O) groups is 2. The molecule has 1 aromatic heterocycles. The maximum Gasteiger partial charge on any atom is 0.339 e. The zero-order chi connectivity index (χ0) is 24.8. The van der Waals surface area contributed by atoms with Crippen molar-refractivity contribution in [1.29, 1.82) is 0 Å².